The molecular weight excluding hydrogens is 71.0 g/mol. The molecule has 1 nitrogen and oxygen atoms in total. The molecule has 0 aromatic heterocycles. The third-order valence-corrected chi connectivity index (χ3v) is 0.706. The van der Waals surface area contributed by atoms with Crippen LogP contribution >= 0.6 is 0 Å². The van der Waals surface area contributed by atoms with Gasteiger partial charge in [0.2, 0.25) is 0 Å². The van der Waals surface area contributed by atoms with E-state index in [0.29, 0.717) is 0 Å². The Bertz CT molecular complexity index is 28.7. The summed E-state index contributed by atoms with van der Waals surface area (Å²) in [7, 11) is 0. The molecule has 0 aromatic carbocycles. The van der Waals surface area contributed by atoms with E-state index in [0.717, 1.165) is 12.8 Å². The summed E-state index contributed by atoms with van der Waals surface area (Å²) in [5, 5.41) is 8.55. The van der Waals surface area contributed by atoms with E-state index in [1.165, 1.54) is 0 Å². The van der Waals surface area contributed by atoms with Gasteiger partial charge in [-0.1, -0.05) is 0 Å². The molecule has 0 saturated carbocycles. The maximum atomic E-state index is 8.55. The van der Waals surface area contributed by atoms with Crippen molar-refractivity contribution in [2.75, 3.05) is 0 Å². The van der Waals surface area contributed by atoms with Crippen LogP contribution in [0.4, 0.5) is 0 Å². The number of aliphatic hydroxyl groups excluding tert-OH is 1. The van der Waals surface area contributed by atoms with Crippen molar-refractivity contribution in [3.05, 3.63) is 0 Å². The first kappa shape index (κ1) is 6.56. The zero-order valence-corrected chi connectivity index (χ0v) is 4.44. The molecule has 0 saturated heterocycles. The average molecular weight is 80.1 g/mol. The van der Waals surface area contributed by atoms with Gasteiger partial charge in [0.15, 0.2) is 0 Å². The quantitative estimate of drug-likeness (QED) is 0.472. The van der Waals surface area contributed by atoms with E-state index >= 15 is 0 Å². The molecule has 1 unspecified atom stereocenters. The summed E-state index contributed by atoms with van der Waals surface area (Å²) < 4.78 is -0.102. The summed E-state index contributed by atoms with van der Waals surface area (Å²) in [5.41, 5.74) is 0. The van der Waals surface area contributed by atoms with Crippen LogP contribution in [0.5, 0.6) is 0 Å². The molecule has 0 fully saturated rings. The summed E-state index contributed by atoms with van der Waals surface area (Å²) in [6.07, 6.45) is 2.01. The predicted molar refractivity (Wildman–Crippen MR) is 26.7 cm³/mol. The van der Waals surface area contributed by atoms with Crippen molar-refractivity contribution in [2.24, 2.45) is 0 Å². The molecule has 6 heavy (non-hydrogen) atoms. The van der Waals surface area contributed by atoms with E-state index in [-0.39, 0.29) is 4.78 Å². The molecule has 32 valence electrons. The maximum absolute atomic E-state index is 8.55. The van der Waals surface area contributed by atoms with Crippen LogP contribution in [-0.4, -0.2) is 27.6 Å². The van der Waals surface area contributed by atoms with E-state index in [1.807, 2.05) is 17.7 Å². The van der Waals surface area contributed by atoms with Gasteiger partial charge < -0.3 is 0 Å². The van der Waals surface area contributed by atoms with Crippen LogP contribution in [0.1, 0.15) is 19.8 Å². The first-order valence-corrected chi connectivity index (χ1v) is 2.45. The molecule has 0 amide bonds. The molecule has 2 heteroatoms. The first-order valence-electron chi connectivity index (χ1n) is 2.45. The number of hydrogen-bond donors (Lipinski definition) is 1. The third-order valence-electron chi connectivity index (χ3n) is 0.706. The molecule has 0 aliphatic carbocycles. The Morgan fingerprint density at radius 1 is 1.83 bits per heavy atom. The molecule has 0 aliphatic heterocycles. The predicted octanol–water partition coefficient (Wildman–Crippen LogP) is 0.273. The van der Waals surface area contributed by atoms with Crippen LogP contribution < -0.4 is 0 Å². The van der Waals surface area contributed by atoms with Crippen molar-refractivity contribution in [1.82, 2.24) is 0 Å². The van der Waals surface area contributed by atoms with Gasteiger partial charge in [0.25, 0.3) is 0 Å². The van der Waals surface area contributed by atoms with Crippen LogP contribution in [0.15, 0.2) is 0 Å². The molecular formula is C4H9LiO. The molecule has 0 radical (unpaired) electrons. The van der Waals surface area contributed by atoms with Gasteiger partial charge in [-0.05, 0) is 0 Å². The number of hydrogen-bond acceptors (Lipinski definition) is 1. The normalized spacial score (nSPS) is 14.7. The second-order valence-corrected chi connectivity index (χ2v) is 1.64. The van der Waals surface area contributed by atoms with Gasteiger partial charge in [0.05, 0.1) is 0 Å². The zero-order valence-electron chi connectivity index (χ0n) is 4.44. The Morgan fingerprint density at radius 3 is 2.33 bits per heavy atom. The van der Waals surface area contributed by atoms with Gasteiger partial charge in [-0.3, -0.25) is 0 Å². The van der Waals surface area contributed by atoms with E-state index in [9.17, 15) is 0 Å². The monoisotopic (exact) mass is 80.1 g/mol. The van der Waals surface area contributed by atoms with E-state index in [4.69, 9.17) is 5.11 Å². The van der Waals surface area contributed by atoms with Crippen LogP contribution in [0.2, 0.25) is 0 Å². The Hall–Kier alpha value is 0.557. The van der Waals surface area contributed by atoms with Gasteiger partial charge in [-0.2, -0.15) is 0 Å². The molecule has 0 aromatic rings. The second kappa shape index (κ2) is 3.74. The fourth-order valence-electron chi connectivity index (χ4n) is 0.418. The summed E-state index contributed by atoms with van der Waals surface area (Å²) >= 11 is 1.81. The summed E-state index contributed by atoms with van der Waals surface area (Å²) in [6, 6.07) is 0. The molecule has 0 heterocycles. The zero-order chi connectivity index (χ0) is 4.99. The Kier molecular flexibility index (Phi) is 4.08. The average Bonchev–Trinajstić information content (AvgIpc) is 1.35. The summed E-state index contributed by atoms with van der Waals surface area (Å²) in [4.78, 5) is 0. The fourth-order valence-corrected chi connectivity index (χ4v) is 0.418. The fraction of sp³-hybridized carbons (Fsp3) is 1.00. The third kappa shape index (κ3) is 4.56. The molecule has 1 atom stereocenters. The SMILES string of the molecule is [Li][CH](O)CCC. The van der Waals surface area contributed by atoms with Crippen LogP contribution in [0.25, 0.3) is 0 Å². The van der Waals surface area contributed by atoms with Gasteiger partial charge in [-0.15, -0.1) is 0 Å². The molecule has 0 spiro atoms. The van der Waals surface area contributed by atoms with E-state index in [2.05, 4.69) is 6.92 Å². The standard InChI is InChI=1S/C4H9O.Li/c1-2-3-4-5;/h4-5H,2-3H2,1H3;. The number of rotatable bonds is 2. The molecule has 0 bridgehead atoms. The van der Waals surface area contributed by atoms with Crippen molar-refractivity contribution >= 4 is 17.7 Å². The van der Waals surface area contributed by atoms with Crippen molar-refractivity contribution in [1.29, 1.82) is 0 Å². The van der Waals surface area contributed by atoms with Crippen molar-refractivity contribution < 1.29 is 5.11 Å². The van der Waals surface area contributed by atoms with Gasteiger partial charge in [0, 0.05) is 0 Å². The van der Waals surface area contributed by atoms with Crippen LogP contribution in [-0.2, 0) is 0 Å². The second-order valence-electron chi connectivity index (χ2n) is 1.64. The molecule has 1 N–H and O–H groups in total. The topological polar surface area (TPSA) is 20.2 Å². The Morgan fingerprint density at radius 2 is 2.33 bits per heavy atom. The summed E-state index contributed by atoms with van der Waals surface area (Å²) in [5.74, 6) is 0. The van der Waals surface area contributed by atoms with E-state index < -0.39 is 0 Å². The van der Waals surface area contributed by atoms with Gasteiger partial charge in [-0.25, -0.2) is 0 Å². The Labute approximate surface area is 48.0 Å². The van der Waals surface area contributed by atoms with Crippen LogP contribution in [0.3, 0.4) is 0 Å². The van der Waals surface area contributed by atoms with Gasteiger partial charge in [0.1, 0.15) is 0 Å². The van der Waals surface area contributed by atoms with Crippen molar-refractivity contribution in [2.45, 2.75) is 24.5 Å². The minimum atomic E-state index is -0.102. The van der Waals surface area contributed by atoms with Crippen LogP contribution in [0, 0.1) is 0 Å². The minimum absolute atomic E-state index is 0.102. The molecule has 0 rings (SSSR count). The Balaban J connectivity index is 2.63. The number of aliphatic hydroxyl groups is 1. The van der Waals surface area contributed by atoms with Crippen molar-refractivity contribution in [3.8, 4) is 0 Å². The summed E-state index contributed by atoms with van der Waals surface area (Å²) in [6.45, 7) is 2.06. The van der Waals surface area contributed by atoms with Gasteiger partial charge >= 0.3 is 47.4 Å². The molecule has 0 aliphatic rings. The van der Waals surface area contributed by atoms with Crippen molar-refractivity contribution in [3.63, 3.8) is 0 Å². The first-order chi connectivity index (χ1) is 2.77. The van der Waals surface area contributed by atoms with E-state index in [1.54, 1.807) is 0 Å².